The van der Waals surface area contributed by atoms with E-state index < -0.39 is 10.0 Å². The summed E-state index contributed by atoms with van der Waals surface area (Å²) in [5, 5.41) is 5.32. The van der Waals surface area contributed by atoms with Crippen molar-refractivity contribution in [2.24, 2.45) is 0 Å². The minimum atomic E-state index is -3.57. The van der Waals surface area contributed by atoms with Crippen LogP contribution in [0.4, 0.5) is 0 Å². The zero-order valence-corrected chi connectivity index (χ0v) is 16.5. The van der Waals surface area contributed by atoms with E-state index in [1.807, 2.05) is 6.07 Å². The average molecular weight is 412 g/mol. The van der Waals surface area contributed by atoms with Crippen LogP contribution >= 0.6 is 0 Å². The standard InChI is InChI=1S/C20H20N4O4S/c25-19(15-24-20(26)18-9-5-4-6-16(18)14-21-24)22-10-12-23(13-11-22)29(27,28)17-7-2-1-3-8-17/h1-9,14H,10-13,15H2. The number of hydrogen-bond donors (Lipinski definition) is 0. The molecule has 9 heteroatoms. The number of nitrogens with zero attached hydrogens (tertiary/aromatic N) is 4. The van der Waals surface area contributed by atoms with E-state index in [2.05, 4.69) is 5.10 Å². The van der Waals surface area contributed by atoms with Crippen LogP contribution in [0, 0.1) is 0 Å². The molecule has 0 saturated carbocycles. The van der Waals surface area contributed by atoms with Gasteiger partial charge in [0.1, 0.15) is 6.54 Å². The highest BCUT2D eigenvalue weighted by Crippen LogP contribution is 2.17. The third-order valence-electron chi connectivity index (χ3n) is 5.02. The third-order valence-corrected chi connectivity index (χ3v) is 6.93. The van der Waals surface area contributed by atoms with Crippen LogP contribution in [0.1, 0.15) is 0 Å². The number of hydrogen-bond acceptors (Lipinski definition) is 5. The van der Waals surface area contributed by atoms with Crippen LogP contribution < -0.4 is 5.56 Å². The Kier molecular flexibility index (Phi) is 5.16. The van der Waals surface area contributed by atoms with E-state index in [9.17, 15) is 18.0 Å². The van der Waals surface area contributed by atoms with E-state index >= 15 is 0 Å². The molecule has 0 N–H and O–H groups in total. The Bertz CT molecular complexity index is 1200. The van der Waals surface area contributed by atoms with Crippen molar-refractivity contribution in [2.75, 3.05) is 26.2 Å². The maximum absolute atomic E-state index is 12.7. The summed E-state index contributed by atoms with van der Waals surface area (Å²) >= 11 is 0. The fourth-order valence-corrected chi connectivity index (χ4v) is 4.83. The summed E-state index contributed by atoms with van der Waals surface area (Å²) in [7, 11) is -3.57. The van der Waals surface area contributed by atoms with E-state index in [0.717, 1.165) is 10.1 Å². The summed E-state index contributed by atoms with van der Waals surface area (Å²) in [4.78, 5) is 27.0. The van der Waals surface area contributed by atoms with Crippen molar-refractivity contribution < 1.29 is 13.2 Å². The molecule has 0 radical (unpaired) electrons. The van der Waals surface area contributed by atoms with Gasteiger partial charge in [-0.05, 0) is 18.2 Å². The Morgan fingerprint density at radius 2 is 1.59 bits per heavy atom. The predicted octanol–water partition coefficient (Wildman–Crippen LogP) is 0.930. The quantitative estimate of drug-likeness (QED) is 0.636. The molecule has 29 heavy (non-hydrogen) atoms. The fraction of sp³-hybridized carbons (Fsp3) is 0.250. The normalized spacial score (nSPS) is 15.5. The fourth-order valence-electron chi connectivity index (χ4n) is 3.39. The van der Waals surface area contributed by atoms with Gasteiger partial charge in [0.2, 0.25) is 15.9 Å². The zero-order chi connectivity index (χ0) is 20.4. The molecule has 0 aliphatic carbocycles. The van der Waals surface area contributed by atoms with Gasteiger partial charge in [-0.25, -0.2) is 13.1 Å². The second-order valence-corrected chi connectivity index (χ2v) is 8.73. The molecule has 1 aliphatic heterocycles. The van der Waals surface area contributed by atoms with Crippen LogP contribution in [-0.2, 0) is 21.4 Å². The summed E-state index contributed by atoms with van der Waals surface area (Å²) in [5.74, 6) is -0.258. The van der Waals surface area contributed by atoms with Crippen LogP contribution in [0.5, 0.6) is 0 Å². The van der Waals surface area contributed by atoms with Crippen molar-refractivity contribution in [3.63, 3.8) is 0 Å². The number of rotatable bonds is 4. The van der Waals surface area contributed by atoms with Gasteiger partial charge in [-0.2, -0.15) is 9.40 Å². The second-order valence-electron chi connectivity index (χ2n) is 6.79. The topological polar surface area (TPSA) is 92.6 Å². The lowest BCUT2D eigenvalue weighted by Crippen LogP contribution is -2.51. The van der Waals surface area contributed by atoms with Gasteiger partial charge in [0, 0.05) is 31.6 Å². The number of fused-ring (bicyclic) bond motifs is 1. The van der Waals surface area contributed by atoms with Crippen molar-refractivity contribution in [1.29, 1.82) is 0 Å². The Labute approximate surface area is 168 Å². The second kappa shape index (κ2) is 7.76. The average Bonchev–Trinajstić information content (AvgIpc) is 2.76. The van der Waals surface area contributed by atoms with Gasteiger partial charge in [0.15, 0.2) is 0 Å². The first kappa shape index (κ1) is 19.3. The zero-order valence-electron chi connectivity index (χ0n) is 15.6. The van der Waals surface area contributed by atoms with Crippen molar-refractivity contribution >= 4 is 26.7 Å². The minimum Gasteiger partial charge on any atom is -0.338 e. The number of benzene rings is 2. The maximum Gasteiger partial charge on any atom is 0.275 e. The molecule has 8 nitrogen and oxygen atoms in total. The SMILES string of the molecule is O=C(Cn1ncc2ccccc2c1=O)N1CCN(S(=O)(=O)c2ccccc2)CC1. The van der Waals surface area contributed by atoms with Crippen molar-refractivity contribution in [3.05, 3.63) is 71.1 Å². The molecule has 0 bridgehead atoms. The molecule has 2 heterocycles. The number of piperazine rings is 1. The molecule has 4 rings (SSSR count). The molecule has 1 aliphatic rings. The lowest BCUT2D eigenvalue weighted by Gasteiger charge is -2.34. The van der Waals surface area contributed by atoms with Crippen LogP contribution in [0.15, 0.2) is 70.5 Å². The molecule has 0 unspecified atom stereocenters. The first-order valence-electron chi connectivity index (χ1n) is 9.25. The number of sulfonamides is 1. The number of carbonyl (C=O) groups excluding carboxylic acids is 1. The highest BCUT2D eigenvalue weighted by Gasteiger charge is 2.30. The molecular formula is C20H20N4O4S. The molecule has 0 atom stereocenters. The van der Waals surface area contributed by atoms with Crippen molar-refractivity contribution in [3.8, 4) is 0 Å². The minimum absolute atomic E-state index is 0.172. The molecule has 150 valence electrons. The molecule has 1 amide bonds. The highest BCUT2D eigenvalue weighted by atomic mass is 32.2. The van der Waals surface area contributed by atoms with Crippen LogP contribution in [-0.4, -0.2) is 59.5 Å². The molecule has 3 aromatic rings. The van der Waals surface area contributed by atoms with E-state index in [1.165, 1.54) is 4.31 Å². The molecule has 1 fully saturated rings. The summed E-state index contributed by atoms with van der Waals surface area (Å²) in [6.45, 7) is 0.793. The van der Waals surface area contributed by atoms with Gasteiger partial charge < -0.3 is 4.90 Å². The van der Waals surface area contributed by atoms with Gasteiger partial charge in [0.05, 0.1) is 16.5 Å². The Morgan fingerprint density at radius 1 is 0.931 bits per heavy atom. The summed E-state index contributed by atoms with van der Waals surface area (Å²) < 4.78 is 27.9. The van der Waals surface area contributed by atoms with Crippen LogP contribution in [0.3, 0.4) is 0 Å². The lowest BCUT2D eigenvalue weighted by molar-refractivity contribution is -0.133. The van der Waals surface area contributed by atoms with Crippen LogP contribution in [0.2, 0.25) is 0 Å². The predicted molar refractivity (Wildman–Crippen MR) is 108 cm³/mol. The largest absolute Gasteiger partial charge is 0.338 e. The smallest absolute Gasteiger partial charge is 0.275 e. The molecule has 2 aromatic carbocycles. The molecule has 1 aromatic heterocycles. The van der Waals surface area contributed by atoms with E-state index in [4.69, 9.17) is 0 Å². The Hall–Kier alpha value is -3.04. The summed E-state index contributed by atoms with van der Waals surface area (Å²) in [6, 6.07) is 15.3. The Morgan fingerprint density at radius 3 is 2.31 bits per heavy atom. The molecule has 1 saturated heterocycles. The van der Waals surface area contributed by atoms with Gasteiger partial charge in [-0.3, -0.25) is 9.59 Å². The maximum atomic E-state index is 12.7. The van der Waals surface area contributed by atoms with Gasteiger partial charge in [-0.1, -0.05) is 36.4 Å². The third kappa shape index (κ3) is 3.79. The summed E-state index contributed by atoms with van der Waals surface area (Å²) in [6.07, 6.45) is 1.56. The number of aromatic nitrogens is 2. The van der Waals surface area contributed by atoms with Crippen molar-refractivity contribution in [1.82, 2.24) is 19.0 Å². The first-order chi connectivity index (χ1) is 14.0. The first-order valence-corrected chi connectivity index (χ1v) is 10.7. The number of amides is 1. The van der Waals surface area contributed by atoms with E-state index in [0.29, 0.717) is 5.39 Å². The number of carbonyl (C=O) groups is 1. The van der Waals surface area contributed by atoms with E-state index in [-0.39, 0.29) is 49.1 Å². The van der Waals surface area contributed by atoms with Gasteiger partial charge >= 0.3 is 0 Å². The highest BCUT2D eigenvalue weighted by molar-refractivity contribution is 7.89. The molecular weight excluding hydrogens is 392 g/mol. The molecule has 0 spiro atoms. The summed E-state index contributed by atoms with van der Waals surface area (Å²) in [5.41, 5.74) is -0.318. The van der Waals surface area contributed by atoms with Crippen molar-refractivity contribution in [2.45, 2.75) is 11.4 Å². The lowest BCUT2D eigenvalue weighted by atomic mass is 10.2. The van der Waals surface area contributed by atoms with E-state index in [1.54, 1.807) is 59.6 Å². The van der Waals surface area contributed by atoms with Crippen LogP contribution in [0.25, 0.3) is 10.8 Å². The van der Waals surface area contributed by atoms with Gasteiger partial charge in [-0.15, -0.1) is 0 Å². The Balaban J connectivity index is 1.43. The monoisotopic (exact) mass is 412 g/mol. The van der Waals surface area contributed by atoms with Gasteiger partial charge in [0.25, 0.3) is 5.56 Å².